The molecule has 0 saturated carbocycles. The van der Waals surface area contributed by atoms with Gasteiger partial charge >= 0.3 is 0 Å². The molecule has 2 aromatic rings. The number of hydrogen-bond donors (Lipinski definition) is 2. The summed E-state index contributed by atoms with van der Waals surface area (Å²) in [6.07, 6.45) is 1.78. The Morgan fingerprint density at radius 2 is 1.79 bits per heavy atom. The summed E-state index contributed by atoms with van der Waals surface area (Å²) in [5.41, 5.74) is 8.79. The zero-order valence-corrected chi connectivity index (χ0v) is 10.7. The van der Waals surface area contributed by atoms with Crippen molar-refractivity contribution in [3.05, 3.63) is 66.6 Å². The van der Waals surface area contributed by atoms with Gasteiger partial charge in [0.05, 0.1) is 11.4 Å². The third-order valence-corrected chi connectivity index (χ3v) is 2.89. The molecule has 1 radical (unpaired) electrons. The summed E-state index contributed by atoms with van der Waals surface area (Å²) in [4.78, 5) is 12.1. The summed E-state index contributed by atoms with van der Waals surface area (Å²) in [7, 11) is 0. The van der Waals surface area contributed by atoms with Gasteiger partial charge in [-0.3, -0.25) is 4.79 Å². The Bertz CT molecular complexity index is 561. The lowest BCUT2D eigenvalue weighted by molar-refractivity contribution is 0.102. The van der Waals surface area contributed by atoms with Gasteiger partial charge in [0.25, 0.3) is 5.91 Å². The van der Waals surface area contributed by atoms with Crippen LogP contribution in [0.15, 0.2) is 48.5 Å². The number of hydrogen-bond acceptors (Lipinski definition) is 2. The molecule has 0 spiro atoms. The first kappa shape index (κ1) is 13.1. The number of benzene rings is 2. The molecule has 0 aliphatic rings. The lowest BCUT2D eigenvalue weighted by Gasteiger charge is -2.08. The average molecular weight is 253 g/mol. The molecule has 0 unspecified atom stereocenters. The van der Waals surface area contributed by atoms with Crippen molar-refractivity contribution < 1.29 is 4.79 Å². The predicted molar refractivity (Wildman–Crippen MR) is 78.9 cm³/mol. The number of amides is 1. The van der Waals surface area contributed by atoms with Gasteiger partial charge in [-0.1, -0.05) is 31.2 Å². The molecule has 3 N–H and O–H groups in total. The Labute approximate surface area is 113 Å². The number of nitrogen functional groups attached to an aromatic ring is 1. The first-order valence-corrected chi connectivity index (χ1v) is 6.25. The number of para-hydroxylation sites is 2. The predicted octanol–water partition coefficient (Wildman–Crippen LogP) is 3.29. The summed E-state index contributed by atoms with van der Waals surface area (Å²) < 4.78 is 0. The van der Waals surface area contributed by atoms with E-state index in [-0.39, 0.29) is 5.91 Å². The highest BCUT2D eigenvalue weighted by Gasteiger charge is 2.07. The van der Waals surface area contributed by atoms with E-state index in [1.165, 1.54) is 5.56 Å². The quantitative estimate of drug-likeness (QED) is 0.821. The zero-order valence-electron chi connectivity index (χ0n) is 10.7. The Morgan fingerprint density at radius 1 is 1.11 bits per heavy atom. The maximum absolute atomic E-state index is 12.1. The topological polar surface area (TPSA) is 55.1 Å². The van der Waals surface area contributed by atoms with E-state index in [0.717, 1.165) is 12.8 Å². The van der Waals surface area contributed by atoms with Crippen LogP contribution in [0.5, 0.6) is 0 Å². The van der Waals surface area contributed by atoms with Crippen molar-refractivity contribution in [3.8, 4) is 0 Å². The Balaban J connectivity index is 2.10. The molecule has 3 nitrogen and oxygen atoms in total. The van der Waals surface area contributed by atoms with Gasteiger partial charge in [-0.05, 0) is 42.7 Å². The molecule has 97 valence electrons. The fourth-order valence-electron chi connectivity index (χ4n) is 1.83. The van der Waals surface area contributed by atoms with Crippen LogP contribution in [0.3, 0.4) is 0 Å². The molecule has 1 amide bonds. The third kappa shape index (κ3) is 3.35. The fourth-order valence-corrected chi connectivity index (χ4v) is 1.83. The molecule has 0 fully saturated rings. The van der Waals surface area contributed by atoms with Crippen LogP contribution in [0.4, 0.5) is 11.4 Å². The smallest absolute Gasteiger partial charge is 0.255 e. The average Bonchev–Trinajstić information content (AvgIpc) is 2.42. The lowest BCUT2D eigenvalue weighted by Crippen LogP contribution is -2.13. The lowest BCUT2D eigenvalue weighted by atomic mass is 10.1. The number of nitrogens with two attached hydrogens (primary N) is 1. The Hall–Kier alpha value is -2.29. The molecule has 0 aromatic heterocycles. The van der Waals surface area contributed by atoms with E-state index in [0.29, 0.717) is 16.9 Å². The minimum Gasteiger partial charge on any atom is -0.397 e. The highest BCUT2D eigenvalue weighted by molar-refractivity contribution is 6.05. The molecule has 0 bridgehead atoms. The largest absolute Gasteiger partial charge is 0.397 e. The minimum absolute atomic E-state index is 0.154. The molecule has 0 saturated heterocycles. The van der Waals surface area contributed by atoms with Crippen LogP contribution in [-0.2, 0) is 6.42 Å². The number of aryl methyl sites for hydroxylation is 1. The SMILES string of the molecule is [CH2]CCc1ccc(C(=O)Nc2ccccc2N)cc1. The number of rotatable bonds is 4. The Morgan fingerprint density at radius 3 is 2.42 bits per heavy atom. The Kier molecular flexibility index (Phi) is 4.18. The first-order valence-electron chi connectivity index (χ1n) is 6.25. The van der Waals surface area contributed by atoms with E-state index in [9.17, 15) is 4.79 Å². The zero-order chi connectivity index (χ0) is 13.7. The second-order valence-electron chi connectivity index (χ2n) is 4.34. The maximum atomic E-state index is 12.1. The van der Waals surface area contributed by atoms with Gasteiger partial charge in [0.15, 0.2) is 0 Å². The molecule has 0 heterocycles. The number of carbonyl (C=O) groups excluding carboxylic acids is 1. The molecular formula is C16H17N2O. The van der Waals surface area contributed by atoms with Crippen molar-refractivity contribution in [1.82, 2.24) is 0 Å². The van der Waals surface area contributed by atoms with Crippen LogP contribution < -0.4 is 11.1 Å². The van der Waals surface area contributed by atoms with Gasteiger partial charge in [0.2, 0.25) is 0 Å². The van der Waals surface area contributed by atoms with Gasteiger partial charge in [-0.2, -0.15) is 0 Å². The van der Waals surface area contributed by atoms with Crippen LogP contribution in [-0.4, -0.2) is 5.91 Å². The number of anilines is 2. The summed E-state index contributed by atoms with van der Waals surface area (Å²) in [6, 6.07) is 14.8. The van der Waals surface area contributed by atoms with Gasteiger partial charge in [0.1, 0.15) is 0 Å². The van der Waals surface area contributed by atoms with E-state index in [1.54, 1.807) is 12.1 Å². The molecule has 0 aliphatic heterocycles. The van der Waals surface area contributed by atoms with E-state index in [4.69, 9.17) is 5.73 Å². The third-order valence-electron chi connectivity index (χ3n) is 2.89. The summed E-state index contributed by atoms with van der Waals surface area (Å²) >= 11 is 0. The minimum atomic E-state index is -0.154. The van der Waals surface area contributed by atoms with Crippen LogP contribution in [0, 0.1) is 6.92 Å². The van der Waals surface area contributed by atoms with Crippen molar-refractivity contribution in [2.24, 2.45) is 0 Å². The van der Waals surface area contributed by atoms with Crippen LogP contribution in [0.25, 0.3) is 0 Å². The van der Waals surface area contributed by atoms with Gasteiger partial charge in [-0.15, -0.1) is 0 Å². The van der Waals surface area contributed by atoms with Crippen LogP contribution in [0.1, 0.15) is 22.3 Å². The van der Waals surface area contributed by atoms with E-state index >= 15 is 0 Å². The first-order chi connectivity index (χ1) is 9.20. The summed E-state index contributed by atoms with van der Waals surface area (Å²) in [6.45, 7) is 3.81. The summed E-state index contributed by atoms with van der Waals surface area (Å²) in [5, 5.41) is 2.80. The molecule has 19 heavy (non-hydrogen) atoms. The highest BCUT2D eigenvalue weighted by Crippen LogP contribution is 2.18. The molecule has 2 aromatic carbocycles. The molecule has 2 rings (SSSR count). The maximum Gasteiger partial charge on any atom is 0.255 e. The van der Waals surface area contributed by atoms with E-state index < -0.39 is 0 Å². The van der Waals surface area contributed by atoms with Gasteiger partial charge < -0.3 is 11.1 Å². The van der Waals surface area contributed by atoms with Crippen molar-refractivity contribution >= 4 is 17.3 Å². The van der Waals surface area contributed by atoms with Crippen molar-refractivity contribution in [2.75, 3.05) is 11.1 Å². The van der Waals surface area contributed by atoms with Crippen molar-refractivity contribution in [1.29, 1.82) is 0 Å². The summed E-state index contributed by atoms with van der Waals surface area (Å²) in [5.74, 6) is -0.154. The molecule has 0 atom stereocenters. The fraction of sp³-hybridized carbons (Fsp3) is 0.125. The monoisotopic (exact) mass is 253 g/mol. The van der Waals surface area contributed by atoms with Crippen LogP contribution in [0.2, 0.25) is 0 Å². The van der Waals surface area contributed by atoms with Gasteiger partial charge in [-0.25, -0.2) is 0 Å². The van der Waals surface area contributed by atoms with Gasteiger partial charge in [0, 0.05) is 5.56 Å². The van der Waals surface area contributed by atoms with E-state index in [1.807, 2.05) is 36.4 Å². The van der Waals surface area contributed by atoms with Crippen molar-refractivity contribution in [3.63, 3.8) is 0 Å². The normalized spacial score (nSPS) is 10.2. The molecular weight excluding hydrogens is 236 g/mol. The van der Waals surface area contributed by atoms with Crippen LogP contribution >= 0.6 is 0 Å². The molecule has 0 aliphatic carbocycles. The second-order valence-corrected chi connectivity index (χ2v) is 4.34. The number of carbonyl (C=O) groups is 1. The second kappa shape index (κ2) is 6.05. The van der Waals surface area contributed by atoms with Crippen molar-refractivity contribution in [2.45, 2.75) is 12.8 Å². The van der Waals surface area contributed by atoms with E-state index in [2.05, 4.69) is 12.2 Å². The number of nitrogens with one attached hydrogen (secondary N) is 1. The standard InChI is InChI=1S/C16H17N2O/c1-2-5-12-8-10-13(11-9-12)16(19)18-15-7-4-3-6-14(15)17/h3-4,6-11H,1-2,5,17H2,(H,18,19). The molecule has 3 heteroatoms. The highest BCUT2D eigenvalue weighted by atomic mass is 16.1.